The van der Waals surface area contributed by atoms with Gasteiger partial charge in [0.2, 0.25) is 0 Å². The second-order valence-electron chi connectivity index (χ2n) is 7.76. The molecule has 0 bridgehead atoms. The number of aromatic nitrogens is 5. The summed E-state index contributed by atoms with van der Waals surface area (Å²) >= 11 is 0. The number of rotatable bonds is 6. The van der Waals surface area contributed by atoms with Crippen LogP contribution in [0.1, 0.15) is 18.9 Å². The van der Waals surface area contributed by atoms with Crippen LogP contribution in [0.3, 0.4) is 0 Å². The normalized spacial score (nSPS) is 12.2. The molecule has 0 unspecified atom stereocenters. The minimum atomic E-state index is -4.52. The van der Waals surface area contributed by atoms with Crippen molar-refractivity contribution in [1.82, 2.24) is 24.1 Å². The van der Waals surface area contributed by atoms with E-state index in [0.717, 1.165) is 12.1 Å². The zero-order valence-electron chi connectivity index (χ0n) is 18.2. The molecular weight excluding hydrogens is 447 g/mol. The van der Waals surface area contributed by atoms with Crippen molar-refractivity contribution in [2.75, 3.05) is 13.2 Å². The smallest absolute Gasteiger partial charge is 0.382 e. The van der Waals surface area contributed by atoms with Gasteiger partial charge in [-0.25, -0.2) is 15.0 Å². The third-order valence-corrected chi connectivity index (χ3v) is 5.55. The quantitative estimate of drug-likeness (QED) is 0.338. The van der Waals surface area contributed by atoms with Crippen molar-refractivity contribution in [2.24, 2.45) is 0 Å². The number of hydrogen-bond acceptors (Lipinski definition) is 5. The molecule has 0 atom stereocenters. The van der Waals surface area contributed by atoms with Gasteiger partial charge in [-0.1, -0.05) is 18.2 Å². The molecule has 0 spiro atoms. The van der Waals surface area contributed by atoms with E-state index < -0.39 is 11.7 Å². The van der Waals surface area contributed by atoms with Crippen LogP contribution in [0, 0.1) is 0 Å². The fraction of sp³-hybridized carbons (Fsp3) is 0.250. The molecule has 5 aromatic rings. The molecule has 5 rings (SSSR count). The van der Waals surface area contributed by atoms with Crippen LogP contribution < -0.4 is 5.56 Å². The van der Waals surface area contributed by atoms with Crippen molar-refractivity contribution in [3.8, 4) is 5.69 Å². The average molecular weight is 467 g/mol. The molecule has 3 heterocycles. The molecule has 0 aliphatic rings. The van der Waals surface area contributed by atoms with Gasteiger partial charge in [0.25, 0.3) is 5.56 Å². The van der Waals surface area contributed by atoms with E-state index >= 15 is 0 Å². The second kappa shape index (κ2) is 8.53. The third kappa shape index (κ3) is 3.79. The van der Waals surface area contributed by atoms with Crippen molar-refractivity contribution in [3.05, 3.63) is 70.8 Å². The summed E-state index contributed by atoms with van der Waals surface area (Å²) < 4.78 is 48.5. The average Bonchev–Trinajstić information content (AvgIpc) is 3.15. The van der Waals surface area contributed by atoms with Crippen LogP contribution in [0.4, 0.5) is 13.2 Å². The van der Waals surface area contributed by atoms with E-state index in [0.29, 0.717) is 42.7 Å². The molecule has 174 valence electrons. The number of fused-ring (bicyclic) bond motifs is 4. The van der Waals surface area contributed by atoms with E-state index in [1.54, 1.807) is 24.3 Å². The van der Waals surface area contributed by atoms with Crippen LogP contribution in [0.2, 0.25) is 0 Å². The van der Waals surface area contributed by atoms with E-state index in [2.05, 4.69) is 15.0 Å². The van der Waals surface area contributed by atoms with E-state index in [4.69, 9.17) is 4.74 Å². The summed E-state index contributed by atoms with van der Waals surface area (Å²) in [6.45, 7) is 3.36. The first-order valence-corrected chi connectivity index (χ1v) is 10.8. The molecule has 0 radical (unpaired) electrons. The molecule has 2 aromatic carbocycles. The summed E-state index contributed by atoms with van der Waals surface area (Å²) in [4.78, 5) is 27.2. The number of ether oxygens (including phenoxy) is 1. The van der Waals surface area contributed by atoms with Gasteiger partial charge in [0, 0.05) is 25.4 Å². The molecule has 0 amide bonds. The number of para-hydroxylation sites is 2. The molecule has 34 heavy (non-hydrogen) atoms. The van der Waals surface area contributed by atoms with Gasteiger partial charge in [-0.05, 0) is 43.7 Å². The Labute approximate surface area is 191 Å². The SMILES string of the molecule is CCOCCCn1cnc2c(c1=O)c1nc3ccccc3nc1n2-c1cccc(C(F)(F)F)c1. The highest BCUT2D eigenvalue weighted by atomic mass is 19.4. The fourth-order valence-electron chi connectivity index (χ4n) is 3.98. The minimum Gasteiger partial charge on any atom is -0.382 e. The third-order valence-electron chi connectivity index (χ3n) is 5.55. The van der Waals surface area contributed by atoms with Gasteiger partial charge in [-0.15, -0.1) is 0 Å². The molecular formula is C24H20F3N5O2. The minimum absolute atomic E-state index is 0.195. The molecule has 0 fully saturated rings. The molecule has 0 aliphatic heterocycles. The Morgan fingerprint density at radius 1 is 1.00 bits per heavy atom. The van der Waals surface area contributed by atoms with E-state index in [1.165, 1.54) is 27.6 Å². The highest BCUT2D eigenvalue weighted by molar-refractivity contribution is 6.05. The first-order valence-electron chi connectivity index (χ1n) is 10.8. The molecule has 3 aromatic heterocycles. The highest BCUT2D eigenvalue weighted by Gasteiger charge is 2.31. The predicted molar refractivity (Wildman–Crippen MR) is 122 cm³/mol. The zero-order chi connectivity index (χ0) is 23.9. The number of hydrogen-bond donors (Lipinski definition) is 0. The maximum absolute atomic E-state index is 13.4. The lowest BCUT2D eigenvalue weighted by molar-refractivity contribution is -0.137. The van der Waals surface area contributed by atoms with Crippen molar-refractivity contribution < 1.29 is 17.9 Å². The molecule has 0 saturated carbocycles. The second-order valence-corrected chi connectivity index (χ2v) is 7.76. The first-order chi connectivity index (χ1) is 16.4. The predicted octanol–water partition coefficient (Wildman–Crippen LogP) is 4.73. The van der Waals surface area contributed by atoms with Crippen LogP contribution in [0.25, 0.3) is 38.9 Å². The first kappa shape index (κ1) is 22.0. The Balaban J connectivity index is 1.80. The van der Waals surface area contributed by atoms with Crippen LogP contribution in [0.15, 0.2) is 59.7 Å². The molecule has 0 saturated heterocycles. The molecule has 0 aliphatic carbocycles. The van der Waals surface area contributed by atoms with Crippen LogP contribution in [-0.4, -0.2) is 37.3 Å². The summed E-state index contributed by atoms with van der Waals surface area (Å²) in [6, 6.07) is 12.0. The summed E-state index contributed by atoms with van der Waals surface area (Å²) in [5, 5.41) is 0.213. The van der Waals surface area contributed by atoms with Gasteiger partial charge < -0.3 is 4.74 Å². The summed E-state index contributed by atoms with van der Waals surface area (Å²) in [5.74, 6) is 0. The van der Waals surface area contributed by atoms with Crippen molar-refractivity contribution in [1.29, 1.82) is 0 Å². The zero-order valence-corrected chi connectivity index (χ0v) is 18.2. The van der Waals surface area contributed by atoms with Gasteiger partial charge in [0.1, 0.15) is 10.9 Å². The molecule has 0 N–H and O–H groups in total. The molecule has 10 heteroatoms. The van der Waals surface area contributed by atoms with Crippen molar-refractivity contribution in [2.45, 2.75) is 26.1 Å². The number of aryl methyl sites for hydroxylation is 1. The maximum atomic E-state index is 13.4. The number of nitrogens with zero attached hydrogens (tertiary/aromatic N) is 5. The van der Waals surface area contributed by atoms with Gasteiger partial charge in [0.05, 0.1) is 22.9 Å². The standard InChI is InChI=1S/C24H20F3N5O2/c1-2-34-12-6-11-31-14-28-21-19(23(31)33)20-22(30-18-10-4-3-9-17(18)29-20)32(21)16-8-5-7-15(13-16)24(25,26)27/h3-5,7-10,13-14H,2,6,11-12H2,1H3. The largest absolute Gasteiger partial charge is 0.416 e. The monoisotopic (exact) mass is 467 g/mol. The lowest BCUT2D eigenvalue weighted by Crippen LogP contribution is -2.21. The Morgan fingerprint density at radius 2 is 1.76 bits per heavy atom. The Kier molecular flexibility index (Phi) is 5.52. The number of halogens is 3. The van der Waals surface area contributed by atoms with Gasteiger partial charge >= 0.3 is 6.18 Å². The Morgan fingerprint density at radius 3 is 2.50 bits per heavy atom. The maximum Gasteiger partial charge on any atom is 0.416 e. The summed E-state index contributed by atoms with van der Waals surface area (Å²) in [7, 11) is 0. The summed E-state index contributed by atoms with van der Waals surface area (Å²) in [5.41, 5.74) is 0.954. The number of alkyl halides is 3. The van der Waals surface area contributed by atoms with Crippen molar-refractivity contribution in [3.63, 3.8) is 0 Å². The fourth-order valence-corrected chi connectivity index (χ4v) is 3.98. The van der Waals surface area contributed by atoms with Gasteiger partial charge in [0.15, 0.2) is 11.3 Å². The Bertz CT molecular complexity index is 1570. The lowest BCUT2D eigenvalue weighted by atomic mass is 10.2. The van der Waals surface area contributed by atoms with Crippen molar-refractivity contribution >= 4 is 33.2 Å². The van der Waals surface area contributed by atoms with Crippen LogP contribution >= 0.6 is 0 Å². The van der Waals surface area contributed by atoms with E-state index in [9.17, 15) is 18.0 Å². The van der Waals surface area contributed by atoms with Crippen LogP contribution in [-0.2, 0) is 17.5 Å². The van der Waals surface area contributed by atoms with E-state index in [-0.39, 0.29) is 27.9 Å². The van der Waals surface area contributed by atoms with E-state index in [1.807, 2.05) is 6.92 Å². The number of benzene rings is 2. The van der Waals surface area contributed by atoms with Crippen LogP contribution in [0.5, 0.6) is 0 Å². The summed E-state index contributed by atoms with van der Waals surface area (Å²) in [6.07, 6.45) is -2.50. The highest BCUT2D eigenvalue weighted by Crippen LogP contribution is 2.33. The Hall–Kier alpha value is -3.79. The van der Waals surface area contributed by atoms with Gasteiger partial charge in [-0.2, -0.15) is 13.2 Å². The molecule has 7 nitrogen and oxygen atoms in total. The van der Waals surface area contributed by atoms with Gasteiger partial charge in [-0.3, -0.25) is 13.9 Å². The topological polar surface area (TPSA) is 74.8 Å². The lowest BCUT2D eigenvalue weighted by Gasteiger charge is -2.11.